The third-order valence-electron chi connectivity index (χ3n) is 8.17. The monoisotopic (exact) mass is 528 g/mol. The Balaban J connectivity index is 2.37. The van der Waals surface area contributed by atoms with Crippen LogP contribution in [-0.4, -0.2) is 76.9 Å². The second-order valence-corrected chi connectivity index (χ2v) is 12.3. The van der Waals surface area contributed by atoms with Gasteiger partial charge in [0.25, 0.3) is 5.91 Å². The number of carbonyl (C=O) groups excluding carboxylic acids is 1. The molecule has 7 nitrogen and oxygen atoms in total. The Morgan fingerprint density at radius 1 is 1.21 bits per heavy atom. The molecule has 2 aliphatic heterocycles. The van der Waals surface area contributed by atoms with Crippen LogP contribution in [0.15, 0.2) is 40.9 Å². The van der Waals surface area contributed by atoms with Crippen molar-refractivity contribution in [3.63, 3.8) is 0 Å². The Hall–Kier alpha value is -2.41. The topological polar surface area (TPSA) is 85.2 Å². The van der Waals surface area contributed by atoms with Gasteiger partial charge in [0.05, 0.1) is 17.2 Å². The van der Waals surface area contributed by atoms with E-state index in [0.717, 1.165) is 51.0 Å². The number of nitrogens with zero attached hydrogens (tertiary/aromatic N) is 3. The number of allylic oxidation sites excluding steroid dienone is 2. The summed E-state index contributed by atoms with van der Waals surface area (Å²) in [4.78, 5) is 34.6. The number of piperazine rings is 1. The molecule has 0 aliphatic carbocycles. The minimum atomic E-state index is -1.01. The van der Waals surface area contributed by atoms with Gasteiger partial charge < -0.3 is 20.2 Å². The number of rotatable bonds is 12. The molecule has 1 saturated heterocycles. The highest BCUT2D eigenvalue weighted by Crippen LogP contribution is 2.36. The van der Waals surface area contributed by atoms with Gasteiger partial charge >= 0.3 is 5.97 Å². The molecular formula is C31H52N4O3. The van der Waals surface area contributed by atoms with Crippen molar-refractivity contribution in [1.82, 2.24) is 15.1 Å². The molecule has 0 aromatic carbocycles. The summed E-state index contributed by atoms with van der Waals surface area (Å²) in [6, 6.07) is -0.131. The largest absolute Gasteiger partial charge is 0.478 e. The van der Waals surface area contributed by atoms with Crippen LogP contribution in [-0.2, 0) is 9.59 Å². The lowest BCUT2D eigenvalue weighted by molar-refractivity contribution is -0.132. The highest BCUT2D eigenvalue weighted by Gasteiger charge is 2.41. The molecule has 2 rings (SSSR count). The van der Waals surface area contributed by atoms with Crippen LogP contribution in [0.5, 0.6) is 0 Å². The molecule has 0 aromatic rings. The van der Waals surface area contributed by atoms with Crippen LogP contribution >= 0.6 is 0 Å². The van der Waals surface area contributed by atoms with Gasteiger partial charge in [-0.2, -0.15) is 0 Å². The van der Waals surface area contributed by atoms with E-state index in [1.807, 2.05) is 17.9 Å². The smallest absolute Gasteiger partial charge is 0.335 e. The molecule has 3 atom stereocenters. The number of aliphatic imine (C=N–C) groups is 1. The first-order valence-corrected chi connectivity index (χ1v) is 14.5. The Morgan fingerprint density at radius 3 is 2.39 bits per heavy atom. The number of nitrogens with one attached hydrogen (secondary N) is 1. The zero-order valence-electron chi connectivity index (χ0n) is 25.0. The van der Waals surface area contributed by atoms with E-state index in [0.29, 0.717) is 18.3 Å². The lowest BCUT2D eigenvalue weighted by atomic mass is 9.75. The molecule has 0 bridgehead atoms. The average molecular weight is 529 g/mol. The van der Waals surface area contributed by atoms with Gasteiger partial charge in [-0.15, -0.1) is 0 Å². The third-order valence-corrected chi connectivity index (χ3v) is 8.17. The lowest BCUT2D eigenvalue weighted by Gasteiger charge is -2.45. The number of hydrogen-bond donors (Lipinski definition) is 2. The van der Waals surface area contributed by atoms with E-state index in [4.69, 9.17) is 4.99 Å². The Kier molecular flexibility index (Phi) is 11.8. The average Bonchev–Trinajstić information content (AvgIpc) is 2.86. The molecular weight excluding hydrogens is 476 g/mol. The van der Waals surface area contributed by atoms with E-state index >= 15 is 0 Å². The Labute approximate surface area is 231 Å². The third kappa shape index (κ3) is 8.55. The SMILES string of the molecule is C=C/C(=C\C=C(/C)C(CC)N1CC(C)(CCCC(CCC)C(C)(C)C)N=C(N2CCNCC2)C1=O)C(=O)O. The van der Waals surface area contributed by atoms with Crippen LogP contribution in [0, 0.1) is 11.3 Å². The quantitative estimate of drug-likeness (QED) is 0.260. The van der Waals surface area contributed by atoms with Crippen LogP contribution in [0.1, 0.15) is 87.0 Å². The van der Waals surface area contributed by atoms with Crippen molar-refractivity contribution in [2.24, 2.45) is 16.3 Å². The Bertz CT molecular complexity index is 924. The first-order chi connectivity index (χ1) is 17.9. The first-order valence-electron chi connectivity index (χ1n) is 14.5. The van der Waals surface area contributed by atoms with E-state index in [1.165, 1.54) is 25.3 Å². The molecule has 7 heteroatoms. The lowest BCUT2D eigenvalue weighted by Crippen LogP contribution is -2.60. The standard InChI is InChI=1S/C31H52N4O3/c1-9-13-25(30(5,6)7)14-12-17-31(8)22-35(28(36)27(33-31)34-20-18-32-19-21-34)26(11-3)23(4)15-16-24(10-2)29(37)38/h10,15-16,25-26,32H,2,9,11-14,17-22H2,1,3-8H3,(H,37,38)/b23-15+,24-16+. The molecule has 0 saturated carbocycles. The fraction of sp³-hybridized carbons (Fsp3) is 0.710. The molecule has 2 heterocycles. The number of hydrogen-bond acceptors (Lipinski definition) is 5. The molecule has 214 valence electrons. The van der Waals surface area contributed by atoms with Crippen molar-refractivity contribution in [3.8, 4) is 0 Å². The van der Waals surface area contributed by atoms with Crippen LogP contribution in [0.3, 0.4) is 0 Å². The van der Waals surface area contributed by atoms with Crippen molar-refractivity contribution in [2.75, 3.05) is 32.7 Å². The van der Waals surface area contributed by atoms with Crippen LogP contribution in [0.2, 0.25) is 0 Å². The molecule has 2 N–H and O–H groups in total. The van der Waals surface area contributed by atoms with Gasteiger partial charge in [-0.05, 0) is 50.5 Å². The summed E-state index contributed by atoms with van der Waals surface area (Å²) in [5, 5.41) is 12.7. The zero-order valence-corrected chi connectivity index (χ0v) is 25.0. The predicted octanol–water partition coefficient (Wildman–Crippen LogP) is 5.45. The van der Waals surface area contributed by atoms with Crippen molar-refractivity contribution in [2.45, 2.75) is 98.6 Å². The van der Waals surface area contributed by atoms with E-state index in [-0.39, 0.29) is 28.5 Å². The summed E-state index contributed by atoms with van der Waals surface area (Å²) in [5.41, 5.74) is 1.02. The molecule has 38 heavy (non-hydrogen) atoms. The second-order valence-electron chi connectivity index (χ2n) is 12.3. The van der Waals surface area contributed by atoms with Crippen molar-refractivity contribution < 1.29 is 14.7 Å². The van der Waals surface area contributed by atoms with Crippen LogP contribution in [0.25, 0.3) is 0 Å². The second kappa shape index (κ2) is 14.1. The fourth-order valence-electron chi connectivity index (χ4n) is 5.81. The molecule has 1 fully saturated rings. The van der Waals surface area contributed by atoms with Crippen LogP contribution < -0.4 is 5.32 Å². The number of aliphatic carboxylic acids is 1. The molecule has 1 amide bonds. The van der Waals surface area contributed by atoms with Gasteiger partial charge in [0.2, 0.25) is 0 Å². The van der Waals surface area contributed by atoms with Gasteiger partial charge in [-0.25, -0.2) is 4.79 Å². The van der Waals surface area contributed by atoms with E-state index in [2.05, 4.69) is 58.3 Å². The zero-order chi connectivity index (χ0) is 28.5. The molecule has 0 radical (unpaired) electrons. The van der Waals surface area contributed by atoms with E-state index < -0.39 is 5.97 Å². The van der Waals surface area contributed by atoms with Crippen molar-refractivity contribution in [1.29, 1.82) is 0 Å². The van der Waals surface area contributed by atoms with Crippen molar-refractivity contribution >= 4 is 17.7 Å². The maximum atomic E-state index is 13.9. The maximum Gasteiger partial charge on any atom is 0.335 e. The molecule has 2 aliphatic rings. The number of amidine groups is 1. The van der Waals surface area contributed by atoms with Crippen LogP contribution in [0.4, 0.5) is 0 Å². The highest BCUT2D eigenvalue weighted by molar-refractivity contribution is 6.38. The van der Waals surface area contributed by atoms with Gasteiger partial charge in [-0.3, -0.25) is 9.79 Å². The summed E-state index contributed by atoms with van der Waals surface area (Å²) >= 11 is 0. The van der Waals surface area contributed by atoms with E-state index in [1.54, 1.807) is 6.08 Å². The highest BCUT2D eigenvalue weighted by atomic mass is 16.4. The van der Waals surface area contributed by atoms with E-state index in [9.17, 15) is 14.7 Å². The summed E-state index contributed by atoms with van der Waals surface area (Å²) in [6.07, 6.45) is 11.1. The molecule has 0 spiro atoms. The minimum absolute atomic E-state index is 0.0197. The number of carbonyl (C=O) groups is 2. The van der Waals surface area contributed by atoms with Gasteiger partial charge in [-0.1, -0.05) is 78.2 Å². The molecule has 3 unspecified atom stereocenters. The summed E-state index contributed by atoms with van der Waals surface area (Å²) < 4.78 is 0. The minimum Gasteiger partial charge on any atom is -0.478 e. The fourth-order valence-corrected chi connectivity index (χ4v) is 5.81. The number of carboxylic acids is 1. The summed E-state index contributed by atoms with van der Waals surface area (Å²) in [6.45, 7) is 22.9. The summed E-state index contributed by atoms with van der Waals surface area (Å²) in [7, 11) is 0. The summed E-state index contributed by atoms with van der Waals surface area (Å²) in [5.74, 6) is 0.222. The Morgan fingerprint density at radius 2 is 1.87 bits per heavy atom. The number of carboxylic acid groups (broad SMARTS) is 1. The van der Waals surface area contributed by atoms with Gasteiger partial charge in [0.1, 0.15) is 0 Å². The first kappa shape index (κ1) is 31.8. The van der Waals surface area contributed by atoms with Gasteiger partial charge in [0, 0.05) is 32.7 Å². The number of amides is 1. The van der Waals surface area contributed by atoms with Crippen molar-refractivity contribution in [3.05, 3.63) is 36.0 Å². The maximum absolute atomic E-state index is 13.9. The normalized spacial score (nSPS) is 23.2. The predicted molar refractivity (Wildman–Crippen MR) is 157 cm³/mol. The van der Waals surface area contributed by atoms with Gasteiger partial charge in [0.15, 0.2) is 5.84 Å². The molecule has 0 aromatic heterocycles.